The Kier molecular flexibility index (Phi) is 4.84. The predicted octanol–water partition coefficient (Wildman–Crippen LogP) is 6.67. The fraction of sp³-hybridized carbons (Fsp3) is 0.0909. The number of hydrogen-bond donors (Lipinski definition) is 1. The highest BCUT2D eigenvalue weighted by Crippen LogP contribution is 2.33. The highest BCUT2D eigenvalue weighted by molar-refractivity contribution is 6.34. The second kappa shape index (κ2) is 7.30. The van der Waals surface area contributed by atoms with Gasteiger partial charge >= 0.3 is 0 Å². The molecule has 0 atom stereocenters. The zero-order valence-corrected chi connectivity index (χ0v) is 16.7. The molecule has 4 nitrogen and oxygen atoms in total. The Bertz CT molecular complexity index is 1210. The number of aromatic nitrogens is 1. The minimum atomic E-state index is -0.300. The molecule has 1 amide bonds. The number of carbonyl (C=O) groups excluding carboxylic acids is 1. The quantitative estimate of drug-likeness (QED) is 0.410. The van der Waals surface area contributed by atoms with Gasteiger partial charge < -0.3 is 9.73 Å². The van der Waals surface area contributed by atoms with E-state index in [1.165, 1.54) is 0 Å². The molecule has 1 N–H and O–H groups in total. The van der Waals surface area contributed by atoms with Crippen molar-refractivity contribution >= 4 is 45.9 Å². The van der Waals surface area contributed by atoms with Crippen LogP contribution in [0.3, 0.4) is 0 Å². The normalized spacial score (nSPS) is 11.0. The number of oxazole rings is 1. The molecule has 3 aromatic carbocycles. The molecular formula is C22H16Cl2N2O2. The van der Waals surface area contributed by atoms with Crippen LogP contribution in [-0.2, 0) is 0 Å². The lowest BCUT2D eigenvalue weighted by Gasteiger charge is -2.09. The van der Waals surface area contributed by atoms with Gasteiger partial charge in [0.15, 0.2) is 5.58 Å². The molecule has 0 spiro atoms. The van der Waals surface area contributed by atoms with Crippen LogP contribution in [0.2, 0.25) is 10.0 Å². The molecule has 0 radical (unpaired) electrons. The number of benzene rings is 3. The van der Waals surface area contributed by atoms with Crippen LogP contribution in [0, 0.1) is 13.8 Å². The minimum absolute atomic E-state index is 0.300. The van der Waals surface area contributed by atoms with Crippen molar-refractivity contribution in [1.29, 1.82) is 0 Å². The zero-order valence-electron chi connectivity index (χ0n) is 15.2. The Balaban J connectivity index is 1.67. The van der Waals surface area contributed by atoms with Crippen molar-refractivity contribution in [2.45, 2.75) is 13.8 Å². The predicted molar refractivity (Wildman–Crippen MR) is 113 cm³/mol. The summed E-state index contributed by atoms with van der Waals surface area (Å²) in [6, 6.07) is 16.2. The van der Waals surface area contributed by atoms with E-state index in [1.807, 2.05) is 38.1 Å². The van der Waals surface area contributed by atoms with Crippen LogP contribution in [0.4, 0.5) is 5.69 Å². The van der Waals surface area contributed by atoms with Gasteiger partial charge in [0.1, 0.15) is 5.52 Å². The molecule has 0 bridgehead atoms. The van der Waals surface area contributed by atoms with E-state index in [9.17, 15) is 4.79 Å². The third kappa shape index (κ3) is 3.61. The van der Waals surface area contributed by atoms with E-state index >= 15 is 0 Å². The van der Waals surface area contributed by atoms with Crippen molar-refractivity contribution in [1.82, 2.24) is 4.98 Å². The zero-order chi connectivity index (χ0) is 19.8. The van der Waals surface area contributed by atoms with Crippen LogP contribution in [-0.4, -0.2) is 10.9 Å². The first-order chi connectivity index (χ1) is 13.4. The van der Waals surface area contributed by atoms with E-state index in [-0.39, 0.29) is 5.91 Å². The lowest BCUT2D eigenvalue weighted by molar-refractivity contribution is 0.102. The molecule has 0 saturated heterocycles. The van der Waals surface area contributed by atoms with Gasteiger partial charge in [-0.1, -0.05) is 35.3 Å². The number of carbonyl (C=O) groups is 1. The summed E-state index contributed by atoms with van der Waals surface area (Å²) in [6.07, 6.45) is 0. The van der Waals surface area contributed by atoms with Crippen molar-refractivity contribution in [2.75, 3.05) is 5.32 Å². The van der Waals surface area contributed by atoms with Crippen molar-refractivity contribution in [2.24, 2.45) is 0 Å². The van der Waals surface area contributed by atoms with Gasteiger partial charge in [0.2, 0.25) is 5.89 Å². The Morgan fingerprint density at radius 2 is 1.68 bits per heavy atom. The molecular weight excluding hydrogens is 395 g/mol. The van der Waals surface area contributed by atoms with Gasteiger partial charge in [0.25, 0.3) is 5.91 Å². The molecule has 4 rings (SSSR count). The standard InChI is InChI=1S/C22H16Cl2N2O2/c1-12-3-6-15(18(24)9-12)21(27)25-14-5-7-17(23)16(11-14)22-26-19-10-13(2)4-8-20(19)28-22/h3-11H,1-2H3,(H,25,27). The molecule has 6 heteroatoms. The molecule has 1 aromatic heterocycles. The number of halogens is 2. The number of rotatable bonds is 3. The van der Waals surface area contributed by atoms with E-state index in [4.69, 9.17) is 27.6 Å². The number of nitrogens with one attached hydrogen (secondary N) is 1. The molecule has 1 heterocycles. The van der Waals surface area contributed by atoms with Crippen LogP contribution < -0.4 is 5.32 Å². The third-order valence-electron chi connectivity index (χ3n) is 4.37. The van der Waals surface area contributed by atoms with Gasteiger partial charge in [0, 0.05) is 5.69 Å². The molecule has 0 aliphatic carbocycles. The maximum absolute atomic E-state index is 12.6. The monoisotopic (exact) mass is 410 g/mol. The Hall–Kier alpha value is -2.82. The number of amides is 1. The summed E-state index contributed by atoms with van der Waals surface area (Å²) >= 11 is 12.5. The molecule has 0 aliphatic rings. The average Bonchev–Trinajstić information content (AvgIpc) is 3.06. The smallest absolute Gasteiger partial charge is 0.257 e. The Morgan fingerprint density at radius 1 is 0.929 bits per heavy atom. The summed E-state index contributed by atoms with van der Waals surface area (Å²) in [5.74, 6) is 0.0986. The SMILES string of the molecule is Cc1ccc(C(=O)Nc2ccc(Cl)c(-c3nc4cc(C)ccc4o3)c2)c(Cl)c1. The molecule has 4 aromatic rings. The lowest BCUT2D eigenvalue weighted by atomic mass is 10.1. The number of aryl methyl sites for hydroxylation is 2. The summed E-state index contributed by atoms with van der Waals surface area (Å²) in [5.41, 5.74) is 5.09. The molecule has 140 valence electrons. The second-order valence-corrected chi connectivity index (χ2v) is 7.44. The molecule has 0 aliphatic heterocycles. The fourth-order valence-corrected chi connectivity index (χ4v) is 3.44. The number of fused-ring (bicyclic) bond motifs is 1. The molecule has 0 unspecified atom stereocenters. The number of hydrogen-bond acceptors (Lipinski definition) is 3. The first kappa shape index (κ1) is 18.5. The summed E-state index contributed by atoms with van der Waals surface area (Å²) < 4.78 is 5.84. The largest absolute Gasteiger partial charge is 0.436 e. The topological polar surface area (TPSA) is 55.1 Å². The number of anilines is 1. The van der Waals surface area contributed by atoms with Gasteiger partial charge in [0.05, 0.1) is 21.2 Å². The van der Waals surface area contributed by atoms with E-state index in [2.05, 4.69) is 10.3 Å². The average molecular weight is 411 g/mol. The molecule has 0 saturated carbocycles. The fourth-order valence-electron chi connectivity index (χ4n) is 2.92. The minimum Gasteiger partial charge on any atom is -0.436 e. The summed E-state index contributed by atoms with van der Waals surface area (Å²) in [6.45, 7) is 3.91. The summed E-state index contributed by atoms with van der Waals surface area (Å²) in [5, 5.41) is 3.73. The van der Waals surface area contributed by atoms with Crippen LogP contribution in [0.5, 0.6) is 0 Å². The molecule has 0 fully saturated rings. The van der Waals surface area contributed by atoms with Gasteiger partial charge in [-0.05, 0) is 67.4 Å². The van der Waals surface area contributed by atoms with Gasteiger partial charge in [-0.15, -0.1) is 0 Å². The maximum Gasteiger partial charge on any atom is 0.257 e. The first-order valence-electron chi connectivity index (χ1n) is 8.65. The van der Waals surface area contributed by atoms with Crippen LogP contribution in [0.15, 0.2) is 59.0 Å². The first-order valence-corrected chi connectivity index (χ1v) is 9.41. The number of nitrogens with zero attached hydrogens (tertiary/aromatic N) is 1. The van der Waals surface area contributed by atoms with Crippen molar-refractivity contribution in [3.63, 3.8) is 0 Å². The van der Waals surface area contributed by atoms with Gasteiger partial charge in [-0.2, -0.15) is 0 Å². The molecule has 28 heavy (non-hydrogen) atoms. The Morgan fingerprint density at radius 3 is 2.46 bits per heavy atom. The summed E-state index contributed by atoms with van der Waals surface area (Å²) in [7, 11) is 0. The van der Waals surface area contributed by atoms with Crippen molar-refractivity contribution < 1.29 is 9.21 Å². The van der Waals surface area contributed by atoms with E-state index in [0.717, 1.165) is 16.6 Å². The van der Waals surface area contributed by atoms with E-state index in [0.29, 0.717) is 38.3 Å². The van der Waals surface area contributed by atoms with Crippen LogP contribution in [0.25, 0.3) is 22.6 Å². The Labute approximate surface area is 172 Å². The van der Waals surface area contributed by atoms with E-state index < -0.39 is 0 Å². The maximum atomic E-state index is 12.6. The second-order valence-electron chi connectivity index (χ2n) is 6.62. The van der Waals surface area contributed by atoms with E-state index in [1.54, 1.807) is 30.3 Å². The van der Waals surface area contributed by atoms with Gasteiger partial charge in [-0.25, -0.2) is 4.98 Å². The lowest BCUT2D eigenvalue weighted by Crippen LogP contribution is -2.12. The van der Waals surface area contributed by atoms with Crippen LogP contribution in [0.1, 0.15) is 21.5 Å². The third-order valence-corrected chi connectivity index (χ3v) is 5.01. The highest BCUT2D eigenvalue weighted by atomic mass is 35.5. The highest BCUT2D eigenvalue weighted by Gasteiger charge is 2.15. The van der Waals surface area contributed by atoms with Crippen molar-refractivity contribution in [3.05, 3.63) is 81.3 Å². The summed E-state index contributed by atoms with van der Waals surface area (Å²) in [4.78, 5) is 17.1. The van der Waals surface area contributed by atoms with Gasteiger partial charge in [-0.3, -0.25) is 4.79 Å². The van der Waals surface area contributed by atoms with Crippen molar-refractivity contribution in [3.8, 4) is 11.5 Å². The van der Waals surface area contributed by atoms with Crippen LogP contribution >= 0.6 is 23.2 Å².